The van der Waals surface area contributed by atoms with Crippen molar-refractivity contribution in [2.45, 2.75) is 25.3 Å². The highest BCUT2D eigenvalue weighted by molar-refractivity contribution is 9.10. The number of hydrogen-bond donors (Lipinski definition) is 1. The lowest BCUT2D eigenvalue weighted by Gasteiger charge is -2.29. The van der Waals surface area contributed by atoms with Gasteiger partial charge in [-0.25, -0.2) is 0 Å². The van der Waals surface area contributed by atoms with Crippen molar-refractivity contribution >= 4 is 21.7 Å². The van der Waals surface area contributed by atoms with Gasteiger partial charge in [0.2, 0.25) is 0 Å². The number of carbonyl (C=O) groups is 1. The average Bonchev–Trinajstić information content (AvgIpc) is 2.44. The van der Waals surface area contributed by atoms with Crippen LogP contribution in [-0.4, -0.2) is 43.5 Å². The number of rotatable bonds is 5. The third kappa shape index (κ3) is 4.30. The molecule has 0 saturated carbocycles. The quantitative estimate of drug-likeness (QED) is 0.890. The zero-order valence-corrected chi connectivity index (χ0v) is 13.4. The number of ketones is 1. The highest BCUT2D eigenvalue weighted by Crippen LogP contribution is 2.23. The molecule has 0 spiro atoms. The minimum Gasteiger partial charge on any atom is -0.497 e. The molecule has 2 N–H and O–H groups in total. The summed E-state index contributed by atoms with van der Waals surface area (Å²) in [4.78, 5) is 14.4. The summed E-state index contributed by atoms with van der Waals surface area (Å²) in [5.41, 5.74) is 6.85. The first-order chi connectivity index (χ1) is 9.58. The lowest BCUT2D eigenvalue weighted by Crippen LogP contribution is -2.42. The molecule has 2 rings (SSSR count). The number of nitrogens with two attached hydrogens (primary N) is 1. The molecule has 0 unspecified atom stereocenters. The Morgan fingerprint density at radius 3 is 2.80 bits per heavy atom. The summed E-state index contributed by atoms with van der Waals surface area (Å²) in [5.74, 6) is 1.01. The number of hydrogen-bond acceptors (Lipinski definition) is 4. The fraction of sp³-hybridized carbons (Fsp3) is 0.533. The maximum absolute atomic E-state index is 12.2. The molecule has 0 radical (unpaired) electrons. The SMILES string of the molecule is COc1ccc(Br)c(CC(=O)CN2CCC(N)CC2)c1. The first-order valence-corrected chi connectivity index (χ1v) is 7.70. The van der Waals surface area contributed by atoms with Crippen LogP contribution < -0.4 is 10.5 Å². The lowest BCUT2D eigenvalue weighted by atomic mass is 10.0. The van der Waals surface area contributed by atoms with Crippen LogP contribution in [0.3, 0.4) is 0 Å². The summed E-state index contributed by atoms with van der Waals surface area (Å²) in [7, 11) is 1.63. The van der Waals surface area contributed by atoms with E-state index in [1.807, 2.05) is 18.2 Å². The Bertz CT molecular complexity index is 471. The molecule has 0 bridgehead atoms. The number of ether oxygens (including phenoxy) is 1. The van der Waals surface area contributed by atoms with Crippen LogP contribution in [0.4, 0.5) is 0 Å². The van der Waals surface area contributed by atoms with Gasteiger partial charge in [-0.1, -0.05) is 15.9 Å². The van der Waals surface area contributed by atoms with E-state index in [-0.39, 0.29) is 5.78 Å². The maximum atomic E-state index is 12.2. The molecule has 1 saturated heterocycles. The molecule has 1 aromatic carbocycles. The van der Waals surface area contributed by atoms with Crippen molar-refractivity contribution in [1.29, 1.82) is 0 Å². The van der Waals surface area contributed by atoms with Gasteiger partial charge >= 0.3 is 0 Å². The number of Topliss-reactive ketones (excluding diaryl/α,β-unsaturated/α-hetero) is 1. The first-order valence-electron chi connectivity index (χ1n) is 6.90. The van der Waals surface area contributed by atoms with E-state index in [4.69, 9.17) is 10.5 Å². The van der Waals surface area contributed by atoms with Gasteiger partial charge in [0.1, 0.15) is 5.75 Å². The van der Waals surface area contributed by atoms with Crippen LogP contribution in [0.2, 0.25) is 0 Å². The van der Waals surface area contributed by atoms with Gasteiger partial charge in [0.25, 0.3) is 0 Å². The predicted octanol–water partition coefficient (Wildman–Crippen LogP) is 1.99. The van der Waals surface area contributed by atoms with E-state index in [1.165, 1.54) is 0 Å². The molecule has 1 aliphatic heterocycles. The summed E-state index contributed by atoms with van der Waals surface area (Å²) < 4.78 is 6.15. The monoisotopic (exact) mass is 340 g/mol. The second-order valence-corrected chi connectivity index (χ2v) is 6.14. The molecule has 0 aliphatic carbocycles. The number of likely N-dealkylation sites (tertiary alicyclic amines) is 1. The van der Waals surface area contributed by atoms with E-state index in [2.05, 4.69) is 20.8 Å². The number of benzene rings is 1. The Kier molecular flexibility index (Phi) is 5.57. The van der Waals surface area contributed by atoms with Gasteiger partial charge in [-0.05, 0) is 36.6 Å². The first kappa shape index (κ1) is 15.5. The number of methoxy groups -OCH3 is 1. The highest BCUT2D eigenvalue weighted by Gasteiger charge is 2.18. The van der Waals surface area contributed by atoms with Crippen LogP contribution in [0.25, 0.3) is 0 Å². The molecule has 0 amide bonds. The van der Waals surface area contributed by atoms with Gasteiger partial charge in [0, 0.05) is 30.0 Å². The van der Waals surface area contributed by atoms with Crippen LogP contribution in [0.5, 0.6) is 5.75 Å². The van der Waals surface area contributed by atoms with Crippen LogP contribution in [0.15, 0.2) is 22.7 Å². The average molecular weight is 341 g/mol. The minimum atomic E-state index is 0.231. The van der Waals surface area contributed by atoms with Crippen LogP contribution >= 0.6 is 15.9 Å². The lowest BCUT2D eigenvalue weighted by molar-refractivity contribution is -0.119. The Hall–Kier alpha value is -0.910. The summed E-state index contributed by atoms with van der Waals surface area (Å²) in [5, 5.41) is 0. The summed E-state index contributed by atoms with van der Waals surface area (Å²) in [6.45, 7) is 2.36. The van der Waals surface area contributed by atoms with Crippen LogP contribution in [0.1, 0.15) is 18.4 Å². The second-order valence-electron chi connectivity index (χ2n) is 5.29. The minimum absolute atomic E-state index is 0.231. The van der Waals surface area contributed by atoms with Gasteiger partial charge in [0.05, 0.1) is 13.7 Å². The van der Waals surface area contributed by atoms with E-state index < -0.39 is 0 Å². The third-order valence-corrected chi connectivity index (χ3v) is 4.45. The molecule has 110 valence electrons. The Morgan fingerprint density at radius 1 is 1.45 bits per heavy atom. The van der Waals surface area contributed by atoms with E-state index in [1.54, 1.807) is 7.11 Å². The molecule has 5 heteroatoms. The standard InChI is InChI=1S/C15H21BrN2O2/c1-20-14-2-3-15(16)11(9-14)8-13(19)10-18-6-4-12(17)5-7-18/h2-3,9,12H,4-8,10,17H2,1H3. The smallest absolute Gasteiger partial charge is 0.151 e. The van der Waals surface area contributed by atoms with Gasteiger partial charge in [-0.3, -0.25) is 9.69 Å². The van der Waals surface area contributed by atoms with E-state index in [9.17, 15) is 4.79 Å². The molecule has 0 aromatic heterocycles. The van der Waals surface area contributed by atoms with Crippen molar-refractivity contribution in [3.05, 3.63) is 28.2 Å². The van der Waals surface area contributed by atoms with E-state index in [0.717, 1.165) is 41.7 Å². The van der Waals surface area contributed by atoms with Gasteiger partial charge in [-0.2, -0.15) is 0 Å². The zero-order valence-electron chi connectivity index (χ0n) is 11.8. The van der Waals surface area contributed by atoms with E-state index in [0.29, 0.717) is 19.0 Å². The van der Waals surface area contributed by atoms with Gasteiger partial charge < -0.3 is 10.5 Å². The number of nitrogens with zero attached hydrogens (tertiary/aromatic N) is 1. The summed E-state index contributed by atoms with van der Waals surface area (Å²) >= 11 is 3.48. The third-order valence-electron chi connectivity index (χ3n) is 3.67. The highest BCUT2D eigenvalue weighted by atomic mass is 79.9. The van der Waals surface area contributed by atoms with Crippen molar-refractivity contribution in [1.82, 2.24) is 4.90 Å². The van der Waals surface area contributed by atoms with Gasteiger partial charge in [-0.15, -0.1) is 0 Å². The van der Waals surface area contributed by atoms with Crippen molar-refractivity contribution in [3.8, 4) is 5.75 Å². The molecule has 1 fully saturated rings. The molecule has 4 nitrogen and oxygen atoms in total. The summed E-state index contributed by atoms with van der Waals surface area (Å²) in [6.07, 6.45) is 2.40. The van der Waals surface area contributed by atoms with Gasteiger partial charge in [0.15, 0.2) is 5.78 Å². The largest absolute Gasteiger partial charge is 0.497 e. The molecule has 1 heterocycles. The molecule has 1 aromatic rings. The van der Waals surface area contributed by atoms with E-state index >= 15 is 0 Å². The Morgan fingerprint density at radius 2 is 2.15 bits per heavy atom. The fourth-order valence-electron chi connectivity index (χ4n) is 2.44. The summed E-state index contributed by atoms with van der Waals surface area (Å²) in [6, 6.07) is 6.01. The fourth-order valence-corrected chi connectivity index (χ4v) is 2.83. The number of carbonyl (C=O) groups excluding carboxylic acids is 1. The van der Waals surface area contributed by atoms with Crippen LogP contribution in [0, 0.1) is 0 Å². The van der Waals surface area contributed by atoms with Crippen LogP contribution in [-0.2, 0) is 11.2 Å². The Balaban J connectivity index is 1.91. The second kappa shape index (κ2) is 7.20. The molecular formula is C15H21BrN2O2. The number of halogens is 1. The van der Waals surface area contributed by atoms with Crippen molar-refractivity contribution in [2.24, 2.45) is 5.73 Å². The van der Waals surface area contributed by atoms with Crippen molar-refractivity contribution in [2.75, 3.05) is 26.7 Å². The zero-order chi connectivity index (χ0) is 14.5. The number of piperidine rings is 1. The topological polar surface area (TPSA) is 55.6 Å². The Labute approximate surface area is 128 Å². The van der Waals surface area contributed by atoms with Crippen molar-refractivity contribution < 1.29 is 9.53 Å². The molecular weight excluding hydrogens is 320 g/mol. The van der Waals surface area contributed by atoms with Crippen molar-refractivity contribution in [3.63, 3.8) is 0 Å². The molecule has 1 aliphatic rings. The predicted molar refractivity (Wildman–Crippen MR) is 83.1 cm³/mol. The normalized spacial score (nSPS) is 17.1. The molecule has 20 heavy (non-hydrogen) atoms. The molecule has 0 atom stereocenters. The maximum Gasteiger partial charge on any atom is 0.151 e.